The molecule has 1 fully saturated rings. The Morgan fingerprint density at radius 2 is 1.80 bits per heavy atom. The lowest BCUT2D eigenvalue weighted by atomic mass is 9.84. The number of aromatic nitrogens is 1. The first kappa shape index (κ1) is 30.8. The number of hydrogen-bond acceptors (Lipinski definition) is 6. The van der Waals surface area contributed by atoms with E-state index < -0.39 is 34.6 Å². The van der Waals surface area contributed by atoms with Crippen molar-refractivity contribution < 1.29 is 19.5 Å². The second-order valence-electron chi connectivity index (χ2n) is 10.5. The van der Waals surface area contributed by atoms with Crippen LogP contribution < -0.4 is 11.1 Å². The van der Waals surface area contributed by atoms with Gasteiger partial charge in [-0.1, -0.05) is 77.8 Å². The summed E-state index contributed by atoms with van der Waals surface area (Å²) in [6.07, 6.45) is -0.163. The van der Waals surface area contributed by atoms with Gasteiger partial charge in [0.2, 0.25) is 5.91 Å². The summed E-state index contributed by atoms with van der Waals surface area (Å²) in [5.41, 5.74) is 8.56. The fraction of sp³-hybridized carbons (Fsp3) is 0.333. The summed E-state index contributed by atoms with van der Waals surface area (Å²) in [5, 5.41) is 14.3. The van der Waals surface area contributed by atoms with Gasteiger partial charge in [-0.25, -0.2) is 4.98 Å². The van der Waals surface area contributed by atoms with Crippen LogP contribution in [0.2, 0.25) is 10.2 Å². The molecule has 0 bridgehead atoms. The number of hydrogen-bond donors (Lipinski definition) is 3. The maximum atomic E-state index is 14.0. The molecule has 216 valence electrons. The molecule has 1 aromatic heterocycles. The van der Waals surface area contributed by atoms with Gasteiger partial charge in [-0.3, -0.25) is 14.4 Å². The minimum absolute atomic E-state index is 0.108. The average molecular weight is 616 g/mol. The molecule has 0 spiro atoms. The van der Waals surface area contributed by atoms with E-state index in [9.17, 15) is 19.5 Å². The van der Waals surface area contributed by atoms with Gasteiger partial charge in [0.1, 0.15) is 17.3 Å². The number of carbonyl (C=O) groups is 3. The number of thioether (sulfide) groups is 1. The first-order valence-electron chi connectivity index (χ1n) is 13.0. The smallest absolute Gasteiger partial charge is 0.253 e. The molecule has 3 aromatic rings. The highest BCUT2D eigenvalue weighted by Crippen LogP contribution is 2.41. The van der Waals surface area contributed by atoms with Crippen molar-refractivity contribution in [1.82, 2.24) is 15.2 Å². The Balaban J connectivity index is 1.67. The third-order valence-electron chi connectivity index (χ3n) is 7.38. The van der Waals surface area contributed by atoms with Crippen LogP contribution in [0.5, 0.6) is 0 Å². The van der Waals surface area contributed by atoms with E-state index in [1.54, 1.807) is 0 Å². The van der Waals surface area contributed by atoms with Crippen molar-refractivity contribution in [2.24, 2.45) is 5.73 Å². The molecule has 11 heteroatoms. The van der Waals surface area contributed by atoms with Gasteiger partial charge < -0.3 is 21.1 Å². The van der Waals surface area contributed by atoms with Crippen molar-refractivity contribution in [3.8, 4) is 0 Å². The van der Waals surface area contributed by atoms with Gasteiger partial charge >= 0.3 is 0 Å². The highest BCUT2D eigenvalue weighted by atomic mass is 35.5. The van der Waals surface area contributed by atoms with Crippen LogP contribution in [-0.2, 0) is 22.6 Å². The molecule has 8 nitrogen and oxygen atoms in total. The third kappa shape index (κ3) is 6.70. The molecule has 1 saturated heterocycles. The molecule has 4 N–H and O–H groups in total. The molecule has 3 amide bonds. The van der Waals surface area contributed by atoms with Crippen molar-refractivity contribution in [1.29, 1.82) is 0 Å². The molecule has 0 unspecified atom stereocenters. The zero-order valence-electron chi connectivity index (χ0n) is 22.9. The van der Waals surface area contributed by atoms with E-state index in [-0.39, 0.29) is 39.5 Å². The number of amides is 3. The number of aliphatic hydroxyl groups is 1. The SMILES string of the molecule is Cc1ccccc1CNC(=O)[C@H]1N(C(=O)[C@@H](O)[C@@H](Cc2ccccc2)c2cnc(Cl)c(Cl)c2C(N)=O)CSC1(C)C. The molecule has 4 rings (SSSR count). The summed E-state index contributed by atoms with van der Waals surface area (Å²) >= 11 is 13.8. The summed E-state index contributed by atoms with van der Waals surface area (Å²) in [6, 6.07) is 16.1. The number of nitrogens with two attached hydrogens (primary N) is 1. The Kier molecular flexibility index (Phi) is 9.64. The van der Waals surface area contributed by atoms with E-state index >= 15 is 0 Å². The van der Waals surface area contributed by atoms with Crippen LogP contribution >= 0.6 is 35.0 Å². The Hall–Kier alpha value is -3.11. The second kappa shape index (κ2) is 12.8. The molecule has 41 heavy (non-hydrogen) atoms. The van der Waals surface area contributed by atoms with Crippen LogP contribution in [0.3, 0.4) is 0 Å². The van der Waals surface area contributed by atoms with Gasteiger partial charge in [-0.05, 0) is 49.4 Å². The maximum Gasteiger partial charge on any atom is 0.253 e. The number of aliphatic hydroxyl groups excluding tert-OH is 1. The molecular weight excluding hydrogens is 583 g/mol. The highest BCUT2D eigenvalue weighted by molar-refractivity contribution is 8.00. The maximum absolute atomic E-state index is 14.0. The lowest BCUT2D eigenvalue weighted by Crippen LogP contribution is -2.55. The Morgan fingerprint density at radius 1 is 1.15 bits per heavy atom. The summed E-state index contributed by atoms with van der Waals surface area (Å²) in [6.45, 7) is 6.06. The Labute approximate surface area is 253 Å². The molecule has 1 aliphatic heterocycles. The minimum Gasteiger partial charge on any atom is -0.383 e. The summed E-state index contributed by atoms with van der Waals surface area (Å²) in [4.78, 5) is 45.5. The second-order valence-corrected chi connectivity index (χ2v) is 12.9. The third-order valence-corrected chi connectivity index (χ3v) is 9.50. The summed E-state index contributed by atoms with van der Waals surface area (Å²) in [7, 11) is 0. The van der Waals surface area contributed by atoms with Gasteiger partial charge in [0.05, 0.1) is 16.5 Å². The fourth-order valence-corrected chi connectivity index (χ4v) is 6.65. The molecule has 2 heterocycles. The van der Waals surface area contributed by atoms with E-state index in [4.69, 9.17) is 28.9 Å². The van der Waals surface area contributed by atoms with Gasteiger partial charge in [0.25, 0.3) is 11.8 Å². The van der Waals surface area contributed by atoms with Gasteiger partial charge in [0.15, 0.2) is 0 Å². The Morgan fingerprint density at radius 3 is 2.46 bits per heavy atom. The molecule has 0 aliphatic carbocycles. The highest BCUT2D eigenvalue weighted by Gasteiger charge is 2.50. The van der Waals surface area contributed by atoms with Crippen LogP contribution in [0.15, 0.2) is 60.8 Å². The number of nitrogens with zero attached hydrogens (tertiary/aromatic N) is 2. The van der Waals surface area contributed by atoms with E-state index in [1.807, 2.05) is 75.4 Å². The summed E-state index contributed by atoms with van der Waals surface area (Å²) in [5.74, 6) is -2.59. The number of carbonyl (C=O) groups excluding carboxylic acids is 3. The number of aryl methyl sites for hydroxylation is 1. The van der Waals surface area contributed by atoms with Gasteiger partial charge in [-0.2, -0.15) is 0 Å². The number of pyridine rings is 1. The van der Waals surface area contributed by atoms with Crippen LogP contribution in [0.4, 0.5) is 0 Å². The van der Waals surface area contributed by atoms with E-state index in [2.05, 4.69) is 10.3 Å². The van der Waals surface area contributed by atoms with E-state index in [1.165, 1.54) is 22.9 Å². The van der Waals surface area contributed by atoms with Crippen LogP contribution in [-0.4, -0.2) is 55.5 Å². The van der Waals surface area contributed by atoms with Crippen LogP contribution in [0, 0.1) is 6.92 Å². The molecule has 1 aliphatic rings. The monoisotopic (exact) mass is 614 g/mol. The molecular formula is C30H32Cl2N4O4S. The van der Waals surface area contributed by atoms with Crippen molar-refractivity contribution in [3.05, 3.63) is 98.8 Å². The van der Waals surface area contributed by atoms with Crippen LogP contribution in [0.25, 0.3) is 0 Å². The van der Waals surface area contributed by atoms with Crippen molar-refractivity contribution in [3.63, 3.8) is 0 Å². The molecule has 3 atom stereocenters. The first-order valence-corrected chi connectivity index (χ1v) is 14.8. The number of nitrogens with one attached hydrogen (secondary N) is 1. The first-order chi connectivity index (χ1) is 19.4. The lowest BCUT2D eigenvalue weighted by Gasteiger charge is -2.33. The van der Waals surface area contributed by atoms with E-state index in [0.29, 0.717) is 6.54 Å². The molecule has 0 saturated carbocycles. The largest absolute Gasteiger partial charge is 0.383 e. The predicted molar refractivity (Wildman–Crippen MR) is 162 cm³/mol. The number of benzene rings is 2. The van der Waals surface area contributed by atoms with E-state index in [0.717, 1.165) is 16.7 Å². The Bertz CT molecular complexity index is 1450. The topological polar surface area (TPSA) is 126 Å². The van der Waals surface area contributed by atoms with Gasteiger partial charge in [-0.15, -0.1) is 11.8 Å². The average Bonchev–Trinajstić information content (AvgIpc) is 3.27. The number of primary amides is 1. The number of halogens is 2. The van der Waals surface area contributed by atoms with Crippen molar-refractivity contribution in [2.75, 3.05) is 5.88 Å². The van der Waals surface area contributed by atoms with Crippen molar-refractivity contribution in [2.45, 2.75) is 56.5 Å². The zero-order valence-corrected chi connectivity index (χ0v) is 25.3. The quantitative estimate of drug-likeness (QED) is 0.305. The van der Waals surface area contributed by atoms with Crippen LogP contribution in [0.1, 0.15) is 52.4 Å². The van der Waals surface area contributed by atoms with Gasteiger partial charge in [0, 0.05) is 23.4 Å². The fourth-order valence-electron chi connectivity index (χ4n) is 5.11. The standard InChI is InChI=1S/C30H32Cl2N4O4S/c1-17-9-7-8-12-19(17)14-35-28(39)25-30(2,3)41-16-36(25)29(40)24(37)20(13-18-10-5-4-6-11-18)21-15-34-26(32)23(31)22(21)27(33)38/h4-12,15,20,24-25,37H,13-14,16H2,1-3H3,(H2,33,38)(H,35,39)/t20-,24-,25+/m0/s1. The normalized spacial score (nSPS) is 17.6. The molecule has 2 aromatic carbocycles. The number of rotatable bonds is 9. The molecule has 0 radical (unpaired) electrons. The minimum atomic E-state index is -1.64. The zero-order chi connectivity index (χ0) is 29.9. The lowest BCUT2D eigenvalue weighted by molar-refractivity contribution is -0.147. The van der Waals surface area contributed by atoms with Crippen molar-refractivity contribution >= 4 is 52.7 Å². The summed E-state index contributed by atoms with van der Waals surface area (Å²) < 4.78 is -0.621. The predicted octanol–water partition coefficient (Wildman–Crippen LogP) is 4.48.